The first-order chi connectivity index (χ1) is 13.3. The molecule has 0 aromatic heterocycles. The van der Waals surface area contributed by atoms with Crippen LogP contribution in [0.2, 0.25) is 0 Å². The molecule has 27 heavy (non-hydrogen) atoms. The number of anilines is 3. The summed E-state index contributed by atoms with van der Waals surface area (Å²) in [6.45, 7) is 2.17. The zero-order valence-electron chi connectivity index (χ0n) is 15.3. The lowest BCUT2D eigenvalue weighted by Crippen LogP contribution is -2.22. The van der Waals surface area contributed by atoms with Crippen molar-refractivity contribution in [2.75, 3.05) is 4.90 Å². The molecular weight excluding hydrogens is 326 g/mol. The van der Waals surface area contributed by atoms with Gasteiger partial charge in [-0.2, -0.15) is 0 Å². The zero-order chi connectivity index (χ0) is 18.2. The van der Waals surface area contributed by atoms with Crippen molar-refractivity contribution in [3.63, 3.8) is 0 Å². The van der Waals surface area contributed by atoms with Crippen LogP contribution in [0, 0.1) is 6.92 Å². The van der Waals surface area contributed by atoms with Crippen LogP contribution in [0.4, 0.5) is 17.1 Å². The van der Waals surface area contributed by atoms with Gasteiger partial charge in [0.15, 0.2) is 0 Å². The first-order valence-electron chi connectivity index (χ1n) is 9.42. The third-order valence-corrected chi connectivity index (χ3v) is 5.37. The van der Waals surface area contributed by atoms with Crippen LogP contribution in [0.3, 0.4) is 0 Å². The second kappa shape index (κ2) is 6.44. The van der Waals surface area contributed by atoms with Crippen LogP contribution in [0.5, 0.6) is 0 Å². The molecule has 0 aliphatic carbocycles. The van der Waals surface area contributed by atoms with Gasteiger partial charge in [0.05, 0.1) is 11.4 Å². The molecular formula is C26H21N. The van der Waals surface area contributed by atoms with Gasteiger partial charge in [0, 0.05) is 11.6 Å². The van der Waals surface area contributed by atoms with Crippen molar-refractivity contribution in [3.8, 4) is 0 Å². The molecule has 0 spiro atoms. The molecule has 0 amide bonds. The van der Waals surface area contributed by atoms with E-state index in [1.807, 2.05) is 0 Å². The highest BCUT2D eigenvalue weighted by molar-refractivity contribution is 5.86. The van der Waals surface area contributed by atoms with Gasteiger partial charge in [-0.1, -0.05) is 78.9 Å². The quantitative estimate of drug-likeness (QED) is 0.334. The highest BCUT2D eigenvalue weighted by atomic mass is 15.2. The standard InChI is InChI=1S/C26H21N/c1-19-16-17-23-25(18-19)27(21-12-6-3-7-13-21)24-15-9-8-14-22(24)26(23)20-10-4-2-5-11-20/h2-18,26H,1H3. The molecule has 0 radical (unpaired) electrons. The fourth-order valence-electron chi connectivity index (χ4n) is 4.18. The Hall–Kier alpha value is -3.32. The number of benzene rings is 4. The minimum atomic E-state index is 0.248. The molecule has 1 heterocycles. The Morgan fingerprint density at radius 3 is 2.00 bits per heavy atom. The topological polar surface area (TPSA) is 3.24 Å². The van der Waals surface area contributed by atoms with Gasteiger partial charge < -0.3 is 4.90 Å². The molecule has 1 aliphatic heterocycles. The maximum absolute atomic E-state index is 2.40. The summed E-state index contributed by atoms with van der Waals surface area (Å²) in [5.74, 6) is 0.248. The molecule has 0 saturated heterocycles. The van der Waals surface area contributed by atoms with Gasteiger partial charge in [-0.05, 0) is 53.4 Å². The molecule has 1 aliphatic rings. The van der Waals surface area contributed by atoms with Gasteiger partial charge >= 0.3 is 0 Å². The number of hydrogen-bond donors (Lipinski definition) is 0. The van der Waals surface area contributed by atoms with Crippen LogP contribution in [0.15, 0.2) is 103 Å². The van der Waals surface area contributed by atoms with E-state index in [0.29, 0.717) is 0 Å². The van der Waals surface area contributed by atoms with Gasteiger partial charge in [-0.15, -0.1) is 0 Å². The summed E-state index contributed by atoms with van der Waals surface area (Å²) in [4.78, 5) is 2.40. The molecule has 0 bridgehead atoms. The fraction of sp³-hybridized carbons (Fsp3) is 0.0769. The Kier molecular flexibility index (Phi) is 3.79. The average Bonchev–Trinajstić information content (AvgIpc) is 2.73. The predicted octanol–water partition coefficient (Wildman–Crippen LogP) is 6.96. The van der Waals surface area contributed by atoms with Crippen LogP contribution in [0.1, 0.15) is 28.2 Å². The van der Waals surface area contributed by atoms with Crippen molar-refractivity contribution in [1.29, 1.82) is 0 Å². The largest absolute Gasteiger partial charge is 0.310 e. The first-order valence-corrected chi connectivity index (χ1v) is 9.42. The highest BCUT2D eigenvalue weighted by Gasteiger charge is 2.31. The third kappa shape index (κ3) is 2.63. The maximum Gasteiger partial charge on any atom is 0.0506 e. The normalized spacial score (nSPS) is 15.1. The lowest BCUT2D eigenvalue weighted by molar-refractivity contribution is 0.937. The van der Waals surface area contributed by atoms with Crippen LogP contribution < -0.4 is 4.90 Å². The smallest absolute Gasteiger partial charge is 0.0506 e. The number of hydrogen-bond acceptors (Lipinski definition) is 1. The third-order valence-electron chi connectivity index (χ3n) is 5.37. The van der Waals surface area contributed by atoms with Gasteiger partial charge in [-0.25, -0.2) is 0 Å². The molecule has 1 atom stereocenters. The van der Waals surface area contributed by atoms with Crippen LogP contribution in [-0.4, -0.2) is 0 Å². The fourth-order valence-corrected chi connectivity index (χ4v) is 4.18. The van der Waals surface area contributed by atoms with E-state index in [1.165, 1.54) is 39.3 Å². The van der Waals surface area contributed by atoms with Crippen molar-refractivity contribution in [3.05, 3.63) is 125 Å². The van der Waals surface area contributed by atoms with Crippen LogP contribution in [0.25, 0.3) is 0 Å². The molecule has 4 aromatic carbocycles. The molecule has 0 fully saturated rings. The minimum absolute atomic E-state index is 0.248. The van der Waals surface area contributed by atoms with Gasteiger partial charge in [0.25, 0.3) is 0 Å². The Bertz CT molecular complexity index is 1080. The van der Waals surface area contributed by atoms with Crippen molar-refractivity contribution < 1.29 is 0 Å². The molecule has 1 heteroatoms. The molecule has 0 saturated carbocycles. The summed E-state index contributed by atoms with van der Waals surface area (Å²) in [5.41, 5.74) is 9.05. The summed E-state index contributed by atoms with van der Waals surface area (Å²) in [5, 5.41) is 0. The van der Waals surface area contributed by atoms with E-state index in [2.05, 4.69) is 115 Å². The lowest BCUT2D eigenvalue weighted by Gasteiger charge is -2.38. The number of nitrogens with zero attached hydrogens (tertiary/aromatic N) is 1. The Morgan fingerprint density at radius 2 is 1.22 bits per heavy atom. The van der Waals surface area contributed by atoms with Gasteiger partial charge in [0.1, 0.15) is 0 Å². The summed E-state index contributed by atoms with van der Waals surface area (Å²) < 4.78 is 0. The Labute approximate surface area is 160 Å². The van der Waals surface area contributed by atoms with Gasteiger partial charge in [0.2, 0.25) is 0 Å². The van der Waals surface area contributed by atoms with Crippen molar-refractivity contribution in [2.24, 2.45) is 0 Å². The van der Waals surface area contributed by atoms with E-state index in [1.54, 1.807) is 0 Å². The van der Waals surface area contributed by atoms with E-state index in [-0.39, 0.29) is 5.92 Å². The van der Waals surface area contributed by atoms with Crippen molar-refractivity contribution in [2.45, 2.75) is 12.8 Å². The van der Waals surface area contributed by atoms with Crippen molar-refractivity contribution in [1.82, 2.24) is 0 Å². The monoisotopic (exact) mass is 347 g/mol. The second-order valence-corrected chi connectivity index (χ2v) is 7.14. The Balaban J connectivity index is 1.82. The molecule has 4 aromatic rings. The van der Waals surface area contributed by atoms with E-state index >= 15 is 0 Å². The van der Waals surface area contributed by atoms with Crippen molar-refractivity contribution >= 4 is 17.1 Å². The van der Waals surface area contributed by atoms with Crippen LogP contribution in [-0.2, 0) is 0 Å². The summed E-state index contributed by atoms with van der Waals surface area (Å²) >= 11 is 0. The average molecular weight is 347 g/mol. The Morgan fingerprint density at radius 1 is 0.593 bits per heavy atom. The zero-order valence-corrected chi connectivity index (χ0v) is 15.3. The van der Waals surface area contributed by atoms with E-state index in [9.17, 15) is 0 Å². The van der Waals surface area contributed by atoms with E-state index in [4.69, 9.17) is 0 Å². The molecule has 1 unspecified atom stereocenters. The maximum atomic E-state index is 2.40. The van der Waals surface area contributed by atoms with E-state index in [0.717, 1.165) is 0 Å². The molecule has 1 nitrogen and oxygen atoms in total. The number of fused-ring (bicyclic) bond motifs is 2. The molecule has 5 rings (SSSR count). The highest BCUT2D eigenvalue weighted by Crippen LogP contribution is 2.51. The number of para-hydroxylation sites is 2. The molecule has 0 N–H and O–H groups in total. The minimum Gasteiger partial charge on any atom is -0.310 e. The van der Waals surface area contributed by atoms with Gasteiger partial charge in [-0.3, -0.25) is 0 Å². The lowest BCUT2D eigenvalue weighted by atomic mass is 9.80. The number of aryl methyl sites for hydroxylation is 1. The molecule has 130 valence electrons. The second-order valence-electron chi connectivity index (χ2n) is 7.14. The van der Waals surface area contributed by atoms with Crippen LogP contribution >= 0.6 is 0 Å². The summed E-state index contributed by atoms with van der Waals surface area (Å²) in [6, 6.07) is 37.1. The number of rotatable bonds is 2. The SMILES string of the molecule is Cc1ccc2c(c1)N(c1ccccc1)c1ccccc1C2c1ccccc1. The summed E-state index contributed by atoms with van der Waals surface area (Å²) in [7, 11) is 0. The summed E-state index contributed by atoms with van der Waals surface area (Å²) in [6.07, 6.45) is 0. The predicted molar refractivity (Wildman–Crippen MR) is 113 cm³/mol. The first kappa shape index (κ1) is 15.9. The van der Waals surface area contributed by atoms with E-state index < -0.39 is 0 Å².